The molecule has 0 saturated heterocycles. The van der Waals surface area contributed by atoms with Crippen LogP contribution in [0.1, 0.15) is 50.7 Å². The molecule has 8 heteroatoms. The van der Waals surface area contributed by atoms with Gasteiger partial charge in [-0.3, -0.25) is 4.79 Å². The highest BCUT2D eigenvalue weighted by atomic mass is 127. The van der Waals surface area contributed by atoms with Crippen molar-refractivity contribution in [2.75, 3.05) is 47.0 Å². The number of benzene rings is 1. The van der Waals surface area contributed by atoms with Crippen molar-refractivity contribution in [2.24, 2.45) is 10.4 Å². The minimum Gasteiger partial charge on any atom is -0.379 e. The van der Waals surface area contributed by atoms with Gasteiger partial charge in [0.2, 0.25) is 5.91 Å². The molecule has 1 aliphatic carbocycles. The van der Waals surface area contributed by atoms with E-state index < -0.39 is 0 Å². The third-order valence-corrected chi connectivity index (χ3v) is 5.61. The number of rotatable bonds is 12. The number of hydrogen-bond acceptors (Lipinski definition) is 4. The lowest BCUT2D eigenvalue weighted by molar-refractivity contribution is -0.138. The van der Waals surface area contributed by atoms with E-state index in [0.717, 1.165) is 49.3 Å². The number of halogens is 1. The van der Waals surface area contributed by atoms with Gasteiger partial charge in [-0.25, -0.2) is 4.99 Å². The monoisotopic (exact) mass is 560 g/mol. The zero-order valence-electron chi connectivity index (χ0n) is 20.1. The van der Waals surface area contributed by atoms with Gasteiger partial charge in [-0.2, -0.15) is 0 Å². The summed E-state index contributed by atoms with van der Waals surface area (Å²) < 4.78 is 11.0. The molecular weight excluding hydrogens is 519 g/mol. The highest BCUT2D eigenvalue weighted by Gasteiger charge is 2.42. The van der Waals surface area contributed by atoms with E-state index in [4.69, 9.17) is 14.5 Å². The third kappa shape index (κ3) is 9.23. The van der Waals surface area contributed by atoms with Gasteiger partial charge in [0.15, 0.2) is 5.96 Å². The minimum atomic E-state index is -0.321. The number of hydrogen-bond donors (Lipinski definition) is 2. The van der Waals surface area contributed by atoms with Crippen molar-refractivity contribution in [1.82, 2.24) is 15.5 Å². The third-order valence-electron chi connectivity index (χ3n) is 5.61. The van der Waals surface area contributed by atoms with Gasteiger partial charge in [-0.05, 0) is 37.8 Å². The average Bonchev–Trinajstić information content (AvgIpc) is 3.25. The van der Waals surface area contributed by atoms with Crippen LogP contribution in [0.2, 0.25) is 0 Å². The molecule has 2 rings (SSSR count). The summed E-state index contributed by atoms with van der Waals surface area (Å²) in [5.41, 5.74) is 1.94. The second kappa shape index (κ2) is 15.4. The molecular formula is C24H41IN4O3. The lowest BCUT2D eigenvalue weighted by Crippen LogP contribution is -2.49. The van der Waals surface area contributed by atoms with Crippen LogP contribution in [-0.4, -0.2) is 63.8 Å². The molecule has 32 heavy (non-hydrogen) atoms. The Labute approximate surface area is 210 Å². The van der Waals surface area contributed by atoms with Gasteiger partial charge in [-0.1, -0.05) is 37.1 Å². The van der Waals surface area contributed by atoms with Crippen LogP contribution in [-0.2, 0) is 27.4 Å². The van der Waals surface area contributed by atoms with Crippen molar-refractivity contribution in [1.29, 1.82) is 0 Å². The van der Waals surface area contributed by atoms with Crippen molar-refractivity contribution >= 4 is 35.8 Å². The van der Waals surface area contributed by atoms with Crippen LogP contribution in [0.4, 0.5) is 0 Å². The molecule has 1 aliphatic rings. The lowest BCUT2D eigenvalue weighted by atomic mass is 9.84. The molecule has 7 nitrogen and oxygen atoms in total. The maximum atomic E-state index is 12.8. The lowest BCUT2D eigenvalue weighted by Gasteiger charge is -2.31. The largest absolute Gasteiger partial charge is 0.379 e. The van der Waals surface area contributed by atoms with Crippen molar-refractivity contribution in [3.63, 3.8) is 0 Å². The summed E-state index contributed by atoms with van der Waals surface area (Å²) in [6.07, 6.45) is 4.08. The predicted octanol–water partition coefficient (Wildman–Crippen LogP) is 3.56. The summed E-state index contributed by atoms with van der Waals surface area (Å²) in [5, 5.41) is 6.74. The zero-order chi connectivity index (χ0) is 22.5. The van der Waals surface area contributed by atoms with E-state index in [-0.39, 0.29) is 35.3 Å². The summed E-state index contributed by atoms with van der Waals surface area (Å²) in [6, 6.07) is 8.30. The molecule has 182 valence electrons. The Hall–Kier alpha value is -1.39. The number of amides is 1. The van der Waals surface area contributed by atoms with Gasteiger partial charge in [0, 0.05) is 33.8 Å². The standard InChI is InChI=1S/C24H40N4O3.HI/c1-5-25-23(27-19-24(12-7-8-13-24)22(29)28(3)4)26-17-20-10-9-11-21(16-20)18-31-15-14-30-6-2;/h9-11,16H,5-8,12-15,17-19H2,1-4H3,(H2,25,26,27);1H. The van der Waals surface area contributed by atoms with E-state index >= 15 is 0 Å². The van der Waals surface area contributed by atoms with Crippen molar-refractivity contribution in [3.05, 3.63) is 35.4 Å². The molecule has 1 amide bonds. The first-order valence-electron chi connectivity index (χ1n) is 11.5. The first-order valence-corrected chi connectivity index (χ1v) is 11.5. The van der Waals surface area contributed by atoms with Crippen LogP contribution >= 0.6 is 24.0 Å². The fraction of sp³-hybridized carbons (Fsp3) is 0.667. The second-order valence-electron chi connectivity index (χ2n) is 8.31. The number of nitrogens with one attached hydrogen (secondary N) is 2. The molecule has 1 saturated carbocycles. The van der Waals surface area contributed by atoms with Gasteiger partial charge < -0.3 is 25.0 Å². The molecule has 1 fully saturated rings. The van der Waals surface area contributed by atoms with E-state index in [1.807, 2.05) is 34.0 Å². The Morgan fingerprint density at radius 2 is 1.78 bits per heavy atom. The van der Waals surface area contributed by atoms with Crippen LogP contribution < -0.4 is 10.6 Å². The summed E-state index contributed by atoms with van der Waals surface area (Å²) in [6.45, 7) is 8.48. The summed E-state index contributed by atoms with van der Waals surface area (Å²) in [7, 11) is 3.68. The number of carbonyl (C=O) groups is 1. The maximum absolute atomic E-state index is 12.8. The first kappa shape index (κ1) is 28.6. The van der Waals surface area contributed by atoms with Crippen LogP contribution in [0.3, 0.4) is 0 Å². The SMILES string of the molecule is CCNC(=NCc1cccc(COCCOCC)c1)NCC1(C(=O)N(C)C)CCCC1.I. The fourth-order valence-corrected chi connectivity index (χ4v) is 4.03. The van der Waals surface area contributed by atoms with E-state index in [2.05, 4.69) is 28.8 Å². The van der Waals surface area contributed by atoms with E-state index in [1.165, 1.54) is 0 Å². The molecule has 0 aromatic heterocycles. The Morgan fingerprint density at radius 1 is 1.09 bits per heavy atom. The molecule has 2 N–H and O–H groups in total. The summed E-state index contributed by atoms with van der Waals surface area (Å²) in [4.78, 5) is 19.3. The molecule has 0 aliphatic heterocycles. The Balaban J connectivity index is 0.00000512. The van der Waals surface area contributed by atoms with E-state index in [9.17, 15) is 4.79 Å². The number of aliphatic imine (C=N–C) groups is 1. The first-order chi connectivity index (χ1) is 15.0. The highest BCUT2D eigenvalue weighted by molar-refractivity contribution is 14.0. The van der Waals surface area contributed by atoms with Crippen LogP contribution in [0, 0.1) is 5.41 Å². The molecule has 0 unspecified atom stereocenters. The molecule has 0 heterocycles. The van der Waals surface area contributed by atoms with Gasteiger partial charge in [0.05, 0.1) is 31.8 Å². The van der Waals surface area contributed by atoms with Gasteiger partial charge in [0.1, 0.15) is 0 Å². The molecule has 1 aromatic rings. The van der Waals surface area contributed by atoms with Crippen LogP contribution in [0.15, 0.2) is 29.3 Å². The van der Waals surface area contributed by atoms with E-state index in [1.54, 1.807) is 4.90 Å². The van der Waals surface area contributed by atoms with Crippen molar-refractivity contribution in [3.8, 4) is 0 Å². The van der Waals surface area contributed by atoms with E-state index in [0.29, 0.717) is 39.5 Å². The van der Waals surface area contributed by atoms with Crippen molar-refractivity contribution < 1.29 is 14.3 Å². The number of carbonyl (C=O) groups excluding carboxylic acids is 1. The number of nitrogens with zero attached hydrogens (tertiary/aromatic N) is 2. The predicted molar refractivity (Wildman–Crippen MR) is 140 cm³/mol. The zero-order valence-corrected chi connectivity index (χ0v) is 22.4. The Bertz CT molecular complexity index is 706. The van der Waals surface area contributed by atoms with Crippen LogP contribution in [0.25, 0.3) is 0 Å². The summed E-state index contributed by atoms with van der Waals surface area (Å²) >= 11 is 0. The number of guanidine groups is 1. The average molecular weight is 561 g/mol. The quantitative estimate of drug-likeness (QED) is 0.177. The summed E-state index contributed by atoms with van der Waals surface area (Å²) in [5.74, 6) is 0.962. The van der Waals surface area contributed by atoms with Crippen molar-refractivity contribution in [2.45, 2.75) is 52.7 Å². The van der Waals surface area contributed by atoms with Gasteiger partial charge in [0.25, 0.3) is 0 Å². The molecule has 0 atom stereocenters. The molecule has 0 bridgehead atoms. The topological polar surface area (TPSA) is 75.2 Å². The molecule has 1 aromatic carbocycles. The normalized spacial score (nSPS) is 15.2. The molecule has 0 radical (unpaired) electrons. The Morgan fingerprint density at radius 3 is 2.44 bits per heavy atom. The van der Waals surface area contributed by atoms with Crippen LogP contribution in [0.5, 0.6) is 0 Å². The second-order valence-corrected chi connectivity index (χ2v) is 8.31. The minimum absolute atomic E-state index is 0. The highest BCUT2D eigenvalue weighted by Crippen LogP contribution is 2.38. The molecule has 0 spiro atoms. The number of ether oxygens (including phenoxy) is 2. The fourth-order valence-electron chi connectivity index (χ4n) is 4.03. The Kier molecular flexibility index (Phi) is 13.8. The smallest absolute Gasteiger partial charge is 0.230 e. The maximum Gasteiger partial charge on any atom is 0.230 e. The van der Waals surface area contributed by atoms with Gasteiger partial charge >= 0.3 is 0 Å². The van der Waals surface area contributed by atoms with Gasteiger partial charge in [-0.15, -0.1) is 24.0 Å².